The van der Waals surface area contributed by atoms with Crippen LogP contribution in [-0.2, 0) is 0 Å². The molecular formula is C16H13ClFNO2S2. The minimum atomic E-state index is -0.713. The molecule has 1 aromatic heterocycles. The topological polar surface area (TPSA) is 42.4 Å². The molecule has 1 heterocycles. The number of fused-ring (bicyclic) bond motifs is 1. The van der Waals surface area contributed by atoms with Crippen molar-refractivity contribution < 1.29 is 14.2 Å². The average Bonchev–Trinajstić information content (AvgIpc) is 2.94. The van der Waals surface area contributed by atoms with E-state index in [2.05, 4.69) is 4.98 Å². The van der Waals surface area contributed by atoms with Crippen LogP contribution in [0.2, 0.25) is 5.02 Å². The van der Waals surface area contributed by atoms with Gasteiger partial charge in [-0.3, -0.25) is 0 Å². The second-order valence-corrected chi connectivity index (χ2v) is 7.53. The lowest BCUT2D eigenvalue weighted by Crippen LogP contribution is -2.20. The van der Waals surface area contributed by atoms with Gasteiger partial charge in [0.2, 0.25) is 0 Å². The molecule has 3 aromatic rings. The molecule has 7 heteroatoms. The number of benzene rings is 2. The van der Waals surface area contributed by atoms with Crippen LogP contribution in [0.4, 0.5) is 4.39 Å². The van der Waals surface area contributed by atoms with Crippen LogP contribution in [0, 0.1) is 5.82 Å². The summed E-state index contributed by atoms with van der Waals surface area (Å²) in [5.41, 5.74) is 0.849. The Hall–Kier alpha value is -1.34. The third-order valence-corrected chi connectivity index (χ3v) is 5.56. The highest BCUT2D eigenvalue weighted by Crippen LogP contribution is 2.31. The molecule has 0 aliphatic rings. The van der Waals surface area contributed by atoms with Crippen molar-refractivity contribution in [3.63, 3.8) is 0 Å². The number of thiazole rings is 1. The Bertz CT molecular complexity index is 812. The largest absolute Gasteiger partial charge is 0.488 e. The van der Waals surface area contributed by atoms with Gasteiger partial charge in [-0.25, -0.2) is 9.37 Å². The third kappa shape index (κ3) is 4.35. The van der Waals surface area contributed by atoms with Crippen molar-refractivity contribution in [2.75, 3.05) is 12.4 Å². The summed E-state index contributed by atoms with van der Waals surface area (Å²) in [4.78, 5) is 4.46. The molecule has 0 fully saturated rings. The highest BCUT2D eigenvalue weighted by atomic mass is 35.5. The fraction of sp³-hybridized carbons (Fsp3) is 0.188. The Morgan fingerprint density at radius 2 is 2.13 bits per heavy atom. The number of thioether (sulfide) groups is 1. The number of para-hydroxylation sites is 1. The fourth-order valence-corrected chi connectivity index (χ4v) is 4.05. The molecule has 0 amide bonds. The van der Waals surface area contributed by atoms with Crippen molar-refractivity contribution in [3.8, 4) is 5.75 Å². The number of aromatic nitrogens is 1. The molecule has 0 aliphatic heterocycles. The number of rotatable bonds is 6. The minimum Gasteiger partial charge on any atom is -0.488 e. The fourth-order valence-electron chi connectivity index (χ4n) is 1.90. The normalized spacial score (nSPS) is 12.5. The highest BCUT2D eigenvalue weighted by Gasteiger charge is 2.11. The minimum absolute atomic E-state index is 0.0324. The van der Waals surface area contributed by atoms with Gasteiger partial charge < -0.3 is 9.84 Å². The van der Waals surface area contributed by atoms with E-state index in [0.717, 1.165) is 14.6 Å². The molecule has 0 spiro atoms. The first-order chi connectivity index (χ1) is 11.1. The molecule has 0 bridgehead atoms. The molecule has 1 atom stereocenters. The van der Waals surface area contributed by atoms with E-state index in [0.29, 0.717) is 10.8 Å². The van der Waals surface area contributed by atoms with E-state index in [1.807, 2.05) is 18.2 Å². The van der Waals surface area contributed by atoms with Gasteiger partial charge in [0.05, 0.1) is 16.3 Å². The maximum Gasteiger partial charge on any atom is 0.165 e. The zero-order valence-corrected chi connectivity index (χ0v) is 14.3. The predicted octanol–water partition coefficient (Wildman–Crippen LogP) is 4.62. The van der Waals surface area contributed by atoms with Gasteiger partial charge >= 0.3 is 0 Å². The summed E-state index contributed by atoms with van der Waals surface area (Å²) >= 11 is 8.92. The second kappa shape index (κ2) is 7.49. The van der Waals surface area contributed by atoms with E-state index in [4.69, 9.17) is 16.3 Å². The molecule has 0 radical (unpaired) electrons. The zero-order valence-electron chi connectivity index (χ0n) is 11.9. The number of hydrogen-bond acceptors (Lipinski definition) is 5. The number of hydrogen-bond donors (Lipinski definition) is 1. The van der Waals surface area contributed by atoms with Gasteiger partial charge in [0.1, 0.15) is 6.61 Å². The number of halogens is 2. The summed E-state index contributed by atoms with van der Waals surface area (Å²) in [6, 6.07) is 11.7. The van der Waals surface area contributed by atoms with Crippen LogP contribution in [0.1, 0.15) is 0 Å². The van der Waals surface area contributed by atoms with Crippen LogP contribution in [0.15, 0.2) is 46.8 Å². The summed E-state index contributed by atoms with van der Waals surface area (Å²) in [7, 11) is 0. The van der Waals surface area contributed by atoms with Gasteiger partial charge in [-0.2, -0.15) is 0 Å². The summed E-state index contributed by atoms with van der Waals surface area (Å²) in [6.07, 6.45) is -0.713. The van der Waals surface area contributed by atoms with Crippen LogP contribution in [0.5, 0.6) is 5.75 Å². The standard InChI is InChI=1S/C16H13ClFNO2S2/c17-10-5-6-15-13(7-10)19-16(23-15)22-9-11(20)8-21-14-4-2-1-3-12(14)18/h1-7,11,20H,8-9H2/t11-/m0/s1. The Labute approximate surface area is 146 Å². The van der Waals surface area contributed by atoms with Gasteiger partial charge in [0.15, 0.2) is 15.9 Å². The van der Waals surface area contributed by atoms with Crippen molar-refractivity contribution in [1.82, 2.24) is 4.98 Å². The molecule has 0 unspecified atom stereocenters. The average molecular weight is 370 g/mol. The third-order valence-electron chi connectivity index (χ3n) is 3.00. The first-order valence-corrected chi connectivity index (χ1v) is 9.04. The van der Waals surface area contributed by atoms with E-state index < -0.39 is 11.9 Å². The number of nitrogens with zero attached hydrogens (tertiary/aromatic N) is 1. The van der Waals surface area contributed by atoms with Gasteiger partial charge in [-0.05, 0) is 30.3 Å². The van der Waals surface area contributed by atoms with Crippen LogP contribution < -0.4 is 4.74 Å². The van der Waals surface area contributed by atoms with Gasteiger partial charge in [0, 0.05) is 10.8 Å². The number of ether oxygens (including phenoxy) is 1. The van der Waals surface area contributed by atoms with Crippen molar-refractivity contribution in [1.29, 1.82) is 0 Å². The molecule has 23 heavy (non-hydrogen) atoms. The summed E-state index contributed by atoms with van der Waals surface area (Å²) in [5, 5.41) is 10.6. The number of aliphatic hydroxyl groups excluding tert-OH is 1. The second-order valence-electron chi connectivity index (χ2n) is 4.80. The van der Waals surface area contributed by atoms with Gasteiger partial charge in [-0.15, -0.1) is 11.3 Å². The van der Waals surface area contributed by atoms with Crippen LogP contribution >= 0.6 is 34.7 Å². The highest BCUT2D eigenvalue weighted by molar-refractivity contribution is 8.01. The first-order valence-electron chi connectivity index (χ1n) is 6.86. The van der Waals surface area contributed by atoms with Crippen molar-refractivity contribution >= 4 is 44.9 Å². The van der Waals surface area contributed by atoms with Crippen LogP contribution in [0.3, 0.4) is 0 Å². The van der Waals surface area contributed by atoms with E-state index in [-0.39, 0.29) is 12.4 Å². The molecule has 0 saturated carbocycles. The zero-order chi connectivity index (χ0) is 16.2. The maximum absolute atomic E-state index is 13.4. The number of aliphatic hydroxyl groups is 1. The monoisotopic (exact) mass is 369 g/mol. The Kier molecular flexibility index (Phi) is 5.38. The lowest BCUT2D eigenvalue weighted by Gasteiger charge is -2.11. The Balaban J connectivity index is 1.53. The van der Waals surface area contributed by atoms with E-state index in [9.17, 15) is 9.50 Å². The maximum atomic E-state index is 13.4. The molecule has 0 aliphatic carbocycles. The van der Waals surface area contributed by atoms with Crippen LogP contribution in [0.25, 0.3) is 10.2 Å². The molecule has 3 nitrogen and oxygen atoms in total. The smallest absolute Gasteiger partial charge is 0.165 e. The summed E-state index contributed by atoms with van der Waals surface area (Å²) < 4.78 is 20.6. The quantitative estimate of drug-likeness (QED) is 0.644. The molecular weight excluding hydrogens is 357 g/mol. The van der Waals surface area contributed by atoms with Crippen molar-refractivity contribution in [2.45, 2.75) is 10.4 Å². The Morgan fingerprint density at radius 1 is 1.30 bits per heavy atom. The van der Waals surface area contributed by atoms with Crippen molar-refractivity contribution in [3.05, 3.63) is 53.3 Å². The molecule has 120 valence electrons. The molecule has 1 N–H and O–H groups in total. The van der Waals surface area contributed by atoms with E-state index in [1.54, 1.807) is 23.5 Å². The van der Waals surface area contributed by atoms with Gasteiger partial charge in [0.25, 0.3) is 0 Å². The van der Waals surface area contributed by atoms with Gasteiger partial charge in [-0.1, -0.05) is 35.5 Å². The molecule has 2 aromatic carbocycles. The molecule has 0 saturated heterocycles. The van der Waals surface area contributed by atoms with E-state index >= 15 is 0 Å². The summed E-state index contributed by atoms with van der Waals surface area (Å²) in [5.74, 6) is 0.128. The lowest BCUT2D eigenvalue weighted by atomic mass is 10.3. The summed E-state index contributed by atoms with van der Waals surface area (Å²) in [6.45, 7) is 0.0324. The first kappa shape index (κ1) is 16.5. The molecule has 3 rings (SSSR count). The van der Waals surface area contributed by atoms with Crippen molar-refractivity contribution in [2.24, 2.45) is 0 Å². The Morgan fingerprint density at radius 3 is 2.96 bits per heavy atom. The SMILES string of the molecule is O[C@@H](COc1ccccc1F)CSc1nc2cc(Cl)ccc2s1. The predicted molar refractivity (Wildman–Crippen MR) is 93.3 cm³/mol. The lowest BCUT2D eigenvalue weighted by molar-refractivity contribution is 0.123. The van der Waals surface area contributed by atoms with E-state index in [1.165, 1.54) is 23.9 Å². The van der Waals surface area contributed by atoms with Crippen LogP contribution in [-0.4, -0.2) is 28.6 Å².